The van der Waals surface area contributed by atoms with Gasteiger partial charge in [0.25, 0.3) is 0 Å². The number of hydrogen-bond donors (Lipinski definition) is 3. The van der Waals surface area contributed by atoms with Crippen LogP contribution in [0.5, 0.6) is 0 Å². The average Bonchev–Trinajstić information content (AvgIpc) is 2.82. The van der Waals surface area contributed by atoms with Gasteiger partial charge in [-0.05, 0) is 33.2 Å². The fraction of sp³-hybridized carbons (Fsp3) is 0.600. The van der Waals surface area contributed by atoms with Crippen LogP contribution in [0.3, 0.4) is 0 Å². The highest BCUT2D eigenvalue weighted by atomic mass is 16.2. The summed E-state index contributed by atoms with van der Waals surface area (Å²) in [4.78, 5) is 11.8. The van der Waals surface area contributed by atoms with Gasteiger partial charge in [-0.1, -0.05) is 0 Å². The van der Waals surface area contributed by atoms with Crippen molar-refractivity contribution in [3.8, 4) is 0 Å². The molecule has 1 aromatic rings. The normalized spacial score (nSPS) is 20.5. The molecule has 5 nitrogen and oxygen atoms in total. The summed E-state index contributed by atoms with van der Waals surface area (Å²) in [5.41, 5.74) is 2.55. The highest BCUT2D eigenvalue weighted by Crippen LogP contribution is 2.17. The first kappa shape index (κ1) is 10.2. The Balaban J connectivity index is 2.05. The first-order valence-corrected chi connectivity index (χ1v) is 5.24. The molecule has 1 saturated heterocycles. The minimum atomic E-state index is -0.0429. The van der Waals surface area contributed by atoms with Gasteiger partial charge in [-0.25, -0.2) is 0 Å². The molecule has 0 saturated carbocycles. The number of aromatic amines is 1. The number of carbonyl (C=O) groups excluding carboxylic acids is 1. The minimum absolute atomic E-state index is 0.0418. The Labute approximate surface area is 88.6 Å². The molecule has 15 heavy (non-hydrogen) atoms. The van der Waals surface area contributed by atoms with Crippen LogP contribution < -0.4 is 10.6 Å². The van der Waals surface area contributed by atoms with E-state index >= 15 is 0 Å². The Morgan fingerprint density at radius 3 is 2.87 bits per heavy atom. The van der Waals surface area contributed by atoms with Crippen LogP contribution in [0.25, 0.3) is 0 Å². The molecule has 82 valence electrons. The van der Waals surface area contributed by atoms with Gasteiger partial charge in [0.2, 0.25) is 5.91 Å². The van der Waals surface area contributed by atoms with Gasteiger partial charge in [-0.3, -0.25) is 9.89 Å². The molecule has 5 heteroatoms. The Kier molecular flexibility index (Phi) is 2.73. The average molecular weight is 208 g/mol. The lowest BCUT2D eigenvalue weighted by Gasteiger charge is -2.10. The predicted octanol–water partition coefficient (Wildman–Crippen LogP) is 0.717. The molecule has 2 heterocycles. The second-order valence-electron chi connectivity index (χ2n) is 3.95. The number of aryl methyl sites for hydroxylation is 2. The lowest BCUT2D eigenvalue weighted by molar-refractivity contribution is -0.117. The van der Waals surface area contributed by atoms with E-state index in [-0.39, 0.29) is 11.9 Å². The number of anilines is 1. The van der Waals surface area contributed by atoms with Crippen LogP contribution in [0.15, 0.2) is 0 Å². The molecule has 1 amide bonds. The molecule has 3 N–H and O–H groups in total. The maximum atomic E-state index is 11.8. The Hall–Kier alpha value is -1.36. The first-order chi connectivity index (χ1) is 7.18. The number of H-pyrrole nitrogens is 1. The van der Waals surface area contributed by atoms with Gasteiger partial charge in [0.1, 0.15) is 0 Å². The van der Waals surface area contributed by atoms with Crippen molar-refractivity contribution in [1.82, 2.24) is 15.5 Å². The van der Waals surface area contributed by atoms with E-state index in [1.807, 2.05) is 13.8 Å². The lowest BCUT2D eigenvalue weighted by atomic mass is 10.2. The Bertz CT molecular complexity index is 346. The summed E-state index contributed by atoms with van der Waals surface area (Å²) in [6.07, 6.45) is 1.99. The summed E-state index contributed by atoms with van der Waals surface area (Å²) in [5.74, 6) is 0.0418. The van der Waals surface area contributed by atoms with Crippen LogP contribution in [0.2, 0.25) is 0 Å². The van der Waals surface area contributed by atoms with E-state index in [0.717, 1.165) is 36.5 Å². The number of hydrogen-bond acceptors (Lipinski definition) is 3. The summed E-state index contributed by atoms with van der Waals surface area (Å²) in [7, 11) is 0. The van der Waals surface area contributed by atoms with E-state index in [1.165, 1.54) is 0 Å². The summed E-state index contributed by atoms with van der Waals surface area (Å²) in [6, 6.07) is -0.0429. The van der Waals surface area contributed by atoms with E-state index in [2.05, 4.69) is 20.8 Å². The van der Waals surface area contributed by atoms with E-state index < -0.39 is 0 Å². The van der Waals surface area contributed by atoms with Gasteiger partial charge in [0.05, 0.1) is 23.1 Å². The number of nitrogens with one attached hydrogen (secondary N) is 3. The molecule has 1 aliphatic heterocycles. The molecule has 1 fully saturated rings. The van der Waals surface area contributed by atoms with Crippen LogP contribution in [0, 0.1) is 13.8 Å². The second-order valence-corrected chi connectivity index (χ2v) is 3.95. The second kappa shape index (κ2) is 4.02. The Morgan fingerprint density at radius 1 is 1.53 bits per heavy atom. The molecule has 0 aromatic carbocycles. The molecule has 1 aliphatic rings. The third-order valence-electron chi connectivity index (χ3n) is 2.75. The van der Waals surface area contributed by atoms with E-state index in [4.69, 9.17) is 0 Å². The highest BCUT2D eigenvalue weighted by molar-refractivity contribution is 5.95. The maximum Gasteiger partial charge on any atom is 0.241 e. The van der Waals surface area contributed by atoms with Crippen molar-refractivity contribution < 1.29 is 4.79 Å². The number of aromatic nitrogens is 2. The van der Waals surface area contributed by atoms with Crippen molar-refractivity contribution in [1.29, 1.82) is 0 Å². The zero-order valence-electron chi connectivity index (χ0n) is 9.05. The van der Waals surface area contributed by atoms with E-state index in [1.54, 1.807) is 0 Å². The van der Waals surface area contributed by atoms with Gasteiger partial charge < -0.3 is 10.6 Å². The molecule has 1 aromatic heterocycles. The minimum Gasteiger partial charge on any atom is -0.322 e. The van der Waals surface area contributed by atoms with E-state index in [0.29, 0.717) is 0 Å². The number of amides is 1. The van der Waals surface area contributed by atoms with Gasteiger partial charge in [0.15, 0.2) is 0 Å². The topological polar surface area (TPSA) is 69.8 Å². The maximum absolute atomic E-state index is 11.8. The number of nitrogens with zero attached hydrogens (tertiary/aromatic N) is 1. The smallest absolute Gasteiger partial charge is 0.241 e. The van der Waals surface area contributed by atoms with Crippen molar-refractivity contribution in [3.63, 3.8) is 0 Å². The molecule has 2 rings (SSSR count). The van der Waals surface area contributed by atoms with Crippen molar-refractivity contribution >= 4 is 11.6 Å². The monoisotopic (exact) mass is 208 g/mol. The highest BCUT2D eigenvalue weighted by Gasteiger charge is 2.23. The standard InChI is InChI=1S/C10H16N4O/c1-6-9(7(2)14-13-6)12-10(15)8-4-3-5-11-8/h8,11H,3-5H2,1-2H3,(H,12,15)(H,13,14). The molecule has 0 aliphatic carbocycles. The van der Waals surface area contributed by atoms with Crippen molar-refractivity contribution in [3.05, 3.63) is 11.4 Å². The fourth-order valence-corrected chi connectivity index (χ4v) is 1.85. The third kappa shape index (κ3) is 2.02. The Morgan fingerprint density at radius 2 is 2.33 bits per heavy atom. The molecule has 1 atom stereocenters. The van der Waals surface area contributed by atoms with Gasteiger partial charge >= 0.3 is 0 Å². The van der Waals surface area contributed by atoms with Crippen LogP contribution in [-0.2, 0) is 4.79 Å². The first-order valence-electron chi connectivity index (χ1n) is 5.24. The van der Waals surface area contributed by atoms with Gasteiger partial charge in [0, 0.05) is 0 Å². The van der Waals surface area contributed by atoms with Crippen molar-refractivity contribution in [2.75, 3.05) is 11.9 Å². The van der Waals surface area contributed by atoms with Crippen LogP contribution >= 0.6 is 0 Å². The number of rotatable bonds is 2. The molecule has 0 spiro atoms. The van der Waals surface area contributed by atoms with Crippen molar-refractivity contribution in [2.45, 2.75) is 32.7 Å². The van der Waals surface area contributed by atoms with Gasteiger partial charge in [-0.2, -0.15) is 5.10 Å². The van der Waals surface area contributed by atoms with Crippen molar-refractivity contribution in [2.24, 2.45) is 0 Å². The SMILES string of the molecule is Cc1n[nH]c(C)c1NC(=O)C1CCCN1. The zero-order valence-corrected chi connectivity index (χ0v) is 9.05. The van der Waals surface area contributed by atoms with Crippen LogP contribution in [0.4, 0.5) is 5.69 Å². The molecular weight excluding hydrogens is 192 g/mol. The third-order valence-corrected chi connectivity index (χ3v) is 2.75. The summed E-state index contributed by atoms with van der Waals surface area (Å²) in [6.45, 7) is 4.71. The lowest BCUT2D eigenvalue weighted by Crippen LogP contribution is -2.35. The number of carbonyl (C=O) groups is 1. The zero-order chi connectivity index (χ0) is 10.8. The molecule has 1 unspecified atom stereocenters. The summed E-state index contributed by atoms with van der Waals surface area (Å²) >= 11 is 0. The van der Waals surface area contributed by atoms with E-state index in [9.17, 15) is 4.79 Å². The molecule has 0 radical (unpaired) electrons. The fourth-order valence-electron chi connectivity index (χ4n) is 1.85. The molecular formula is C10H16N4O. The van der Waals surface area contributed by atoms with Gasteiger partial charge in [-0.15, -0.1) is 0 Å². The predicted molar refractivity (Wildman–Crippen MR) is 57.7 cm³/mol. The summed E-state index contributed by atoms with van der Waals surface area (Å²) in [5, 5.41) is 13.0. The summed E-state index contributed by atoms with van der Waals surface area (Å²) < 4.78 is 0. The molecule has 0 bridgehead atoms. The quantitative estimate of drug-likeness (QED) is 0.670. The van der Waals surface area contributed by atoms with Crippen LogP contribution in [0.1, 0.15) is 24.2 Å². The largest absolute Gasteiger partial charge is 0.322 e. The van der Waals surface area contributed by atoms with Crippen LogP contribution in [-0.4, -0.2) is 28.7 Å².